The summed E-state index contributed by atoms with van der Waals surface area (Å²) in [6.07, 6.45) is 8.08. The van der Waals surface area contributed by atoms with E-state index in [0.29, 0.717) is 0 Å². The van der Waals surface area contributed by atoms with Gasteiger partial charge in [0, 0.05) is 5.41 Å². The second kappa shape index (κ2) is 10.7. The second-order valence-electron chi connectivity index (χ2n) is 13.0. The van der Waals surface area contributed by atoms with Crippen LogP contribution in [0.1, 0.15) is 57.0 Å². The Morgan fingerprint density at radius 1 is 0.488 bits per heavy atom. The summed E-state index contributed by atoms with van der Waals surface area (Å²) in [5.74, 6) is 0. The molecular weight excluding hydrogens is 516 g/mol. The highest BCUT2D eigenvalue weighted by Crippen LogP contribution is 2.51. The van der Waals surface area contributed by atoms with Crippen molar-refractivity contribution >= 4 is 12.2 Å². The first-order chi connectivity index (χ1) is 20.8. The molecule has 0 fully saturated rings. The molecule has 0 saturated heterocycles. The van der Waals surface area contributed by atoms with Crippen LogP contribution >= 0.6 is 0 Å². The van der Waals surface area contributed by atoms with Crippen molar-refractivity contribution in [1.82, 2.24) is 0 Å². The molecule has 2 aliphatic rings. The molecule has 43 heavy (non-hydrogen) atoms. The highest BCUT2D eigenvalue weighted by Gasteiger charge is 2.38. The van der Waals surface area contributed by atoms with E-state index in [-0.39, 0.29) is 5.41 Å². The van der Waals surface area contributed by atoms with E-state index < -0.39 is 0 Å². The van der Waals surface area contributed by atoms with Gasteiger partial charge in [0.05, 0.1) is 0 Å². The van der Waals surface area contributed by atoms with Crippen molar-refractivity contribution in [3.05, 3.63) is 164 Å². The average Bonchev–Trinajstić information content (AvgIpc) is 3.64. The maximum atomic E-state index is 2.55. The molecule has 0 unspecified atom stereocenters. The zero-order valence-electron chi connectivity index (χ0n) is 26.1. The smallest absolute Gasteiger partial charge is 0.0146 e. The third-order valence-electron chi connectivity index (χ3n) is 10.1. The highest BCUT2D eigenvalue weighted by molar-refractivity contribution is 5.87. The Labute approximate surface area is 257 Å². The van der Waals surface area contributed by atoms with Crippen LogP contribution in [0.15, 0.2) is 114 Å². The predicted molar refractivity (Wildman–Crippen MR) is 184 cm³/mol. The van der Waals surface area contributed by atoms with Gasteiger partial charge >= 0.3 is 0 Å². The maximum Gasteiger partial charge on any atom is 0.0146 e. The summed E-state index contributed by atoms with van der Waals surface area (Å²) in [4.78, 5) is 0. The Morgan fingerprint density at radius 3 is 1.35 bits per heavy atom. The average molecular weight is 557 g/mol. The van der Waals surface area contributed by atoms with Crippen LogP contribution in [-0.4, -0.2) is 0 Å². The van der Waals surface area contributed by atoms with Gasteiger partial charge in [-0.15, -0.1) is 0 Å². The van der Waals surface area contributed by atoms with Gasteiger partial charge in [0.1, 0.15) is 0 Å². The van der Waals surface area contributed by atoms with Crippen LogP contribution in [0.2, 0.25) is 0 Å². The van der Waals surface area contributed by atoms with Crippen molar-refractivity contribution in [2.75, 3.05) is 0 Å². The quantitative estimate of drug-likeness (QED) is 0.195. The fourth-order valence-corrected chi connectivity index (χ4v) is 7.80. The highest BCUT2D eigenvalue weighted by atomic mass is 14.4. The van der Waals surface area contributed by atoms with Crippen LogP contribution < -0.4 is 0 Å². The molecule has 0 saturated carbocycles. The third kappa shape index (κ3) is 4.70. The minimum Gasteiger partial charge on any atom is -0.0622 e. The Bertz CT molecular complexity index is 1770. The zero-order chi connectivity index (χ0) is 29.7. The van der Waals surface area contributed by atoms with Gasteiger partial charge in [0.15, 0.2) is 0 Å². The first-order valence-electron chi connectivity index (χ1n) is 15.7. The van der Waals surface area contributed by atoms with E-state index in [1.54, 1.807) is 0 Å². The molecule has 5 aromatic rings. The monoisotopic (exact) mass is 556 g/mol. The van der Waals surface area contributed by atoms with Crippen LogP contribution in [-0.2, 0) is 19.3 Å². The first kappa shape index (κ1) is 27.4. The summed E-state index contributed by atoms with van der Waals surface area (Å²) in [6, 6.07) is 38.3. The topological polar surface area (TPSA) is 0 Å². The molecule has 0 aromatic heterocycles. The number of aryl methyl sites for hydroxylation is 4. The van der Waals surface area contributed by atoms with Gasteiger partial charge in [-0.25, -0.2) is 0 Å². The van der Waals surface area contributed by atoms with Gasteiger partial charge in [-0.2, -0.15) is 0 Å². The molecule has 7 rings (SSSR count). The number of hydrogen-bond donors (Lipinski definition) is 0. The molecule has 0 amide bonds. The number of benzene rings is 5. The molecule has 0 aliphatic heterocycles. The Balaban J connectivity index is 1.37. The standard InChI is InChI=1S/C43H40/c1-28-13-9-14-29(2)41(28)37-21-11-19-33-23-35(25-39(33)37)43(5,27-32-17-7-6-8-18-32)36-24-34-20-12-22-38(40(34)26-36)42-30(3)15-10-16-31(42)4/h6-22,25-26H,23-24,27H2,1-5H3. The van der Waals surface area contributed by atoms with Gasteiger partial charge in [-0.05, 0) is 119 Å². The number of fused-ring (bicyclic) bond motifs is 2. The van der Waals surface area contributed by atoms with E-state index in [0.717, 1.165) is 19.3 Å². The molecule has 0 nitrogen and oxygen atoms in total. The lowest BCUT2D eigenvalue weighted by Gasteiger charge is -2.34. The van der Waals surface area contributed by atoms with Gasteiger partial charge in [0.2, 0.25) is 0 Å². The largest absolute Gasteiger partial charge is 0.0622 e. The normalized spacial score (nSPS) is 13.9. The molecule has 0 bridgehead atoms. The lowest BCUT2D eigenvalue weighted by atomic mass is 9.70. The number of rotatable bonds is 6. The van der Waals surface area contributed by atoms with Gasteiger partial charge in [0.25, 0.3) is 0 Å². The number of hydrogen-bond acceptors (Lipinski definition) is 0. The van der Waals surface area contributed by atoms with Crippen molar-refractivity contribution in [1.29, 1.82) is 0 Å². The summed E-state index contributed by atoms with van der Waals surface area (Å²) in [6.45, 7) is 11.5. The first-order valence-corrected chi connectivity index (χ1v) is 15.7. The molecular formula is C43H40. The minimum atomic E-state index is -0.102. The molecule has 0 radical (unpaired) electrons. The SMILES string of the molecule is Cc1cccc(C)c1-c1cccc2c1C=C(C(C)(Cc1ccccc1)C1=Cc3c(cccc3-c3c(C)cccc3C)C1)C2. The van der Waals surface area contributed by atoms with E-state index in [1.165, 1.54) is 83.5 Å². The fourth-order valence-electron chi connectivity index (χ4n) is 7.80. The van der Waals surface area contributed by atoms with Crippen LogP contribution in [0.4, 0.5) is 0 Å². The number of allylic oxidation sites excluding steroid dienone is 2. The fraction of sp³-hybridized carbons (Fsp3) is 0.209. The van der Waals surface area contributed by atoms with Crippen molar-refractivity contribution < 1.29 is 0 Å². The summed E-state index contributed by atoms with van der Waals surface area (Å²) < 4.78 is 0. The molecule has 0 atom stereocenters. The summed E-state index contributed by atoms with van der Waals surface area (Å²) in [7, 11) is 0. The van der Waals surface area contributed by atoms with E-state index in [4.69, 9.17) is 0 Å². The molecule has 0 spiro atoms. The Kier molecular flexibility index (Phi) is 6.82. The van der Waals surface area contributed by atoms with Crippen LogP contribution in [0, 0.1) is 33.1 Å². The van der Waals surface area contributed by atoms with Gasteiger partial charge < -0.3 is 0 Å². The van der Waals surface area contributed by atoms with Crippen LogP contribution in [0.3, 0.4) is 0 Å². The maximum absolute atomic E-state index is 2.55. The van der Waals surface area contributed by atoms with E-state index in [1.807, 2.05) is 0 Å². The van der Waals surface area contributed by atoms with Crippen molar-refractivity contribution in [3.8, 4) is 22.3 Å². The van der Waals surface area contributed by atoms with Crippen LogP contribution in [0.25, 0.3) is 34.4 Å². The Morgan fingerprint density at radius 2 is 0.907 bits per heavy atom. The van der Waals surface area contributed by atoms with Crippen molar-refractivity contribution in [2.45, 2.75) is 53.9 Å². The van der Waals surface area contributed by atoms with E-state index >= 15 is 0 Å². The van der Waals surface area contributed by atoms with Gasteiger partial charge in [-0.3, -0.25) is 0 Å². The van der Waals surface area contributed by atoms with Crippen molar-refractivity contribution in [3.63, 3.8) is 0 Å². The van der Waals surface area contributed by atoms with E-state index in [9.17, 15) is 0 Å². The summed E-state index contributed by atoms with van der Waals surface area (Å²) in [5.41, 5.74) is 20.9. The lowest BCUT2D eigenvalue weighted by Crippen LogP contribution is -2.25. The van der Waals surface area contributed by atoms with Crippen molar-refractivity contribution in [2.24, 2.45) is 5.41 Å². The molecule has 0 N–H and O–H groups in total. The third-order valence-corrected chi connectivity index (χ3v) is 10.1. The second-order valence-corrected chi connectivity index (χ2v) is 13.0. The lowest BCUT2D eigenvalue weighted by molar-refractivity contribution is 0.466. The molecule has 0 heteroatoms. The molecule has 5 aromatic carbocycles. The summed E-state index contributed by atoms with van der Waals surface area (Å²) >= 11 is 0. The molecule has 0 heterocycles. The van der Waals surface area contributed by atoms with E-state index in [2.05, 4.69) is 150 Å². The Hall–Kier alpha value is -4.42. The molecule has 2 aliphatic carbocycles. The zero-order valence-corrected chi connectivity index (χ0v) is 26.1. The molecule has 212 valence electrons. The summed E-state index contributed by atoms with van der Waals surface area (Å²) in [5, 5.41) is 0. The van der Waals surface area contributed by atoms with Crippen LogP contribution in [0.5, 0.6) is 0 Å². The minimum absolute atomic E-state index is 0.102. The predicted octanol–water partition coefficient (Wildman–Crippen LogP) is 11.1. The van der Waals surface area contributed by atoms with Gasteiger partial charge in [-0.1, -0.05) is 133 Å².